The number of nitrogens with zero attached hydrogens (tertiary/aromatic N) is 5. The summed E-state index contributed by atoms with van der Waals surface area (Å²) in [4.78, 5) is 16.7. The van der Waals surface area contributed by atoms with E-state index in [0.29, 0.717) is 31.0 Å². The van der Waals surface area contributed by atoms with Crippen LogP contribution in [0.1, 0.15) is 29.6 Å². The van der Waals surface area contributed by atoms with Gasteiger partial charge < -0.3 is 10.4 Å². The Morgan fingerprint density at radius 2 is 2.10 bits per heavy atom. The number of carbonyl (C=O) groups is 1. The van der Waals surface area contributed by atoms with Gasteiger partial charge in [-0.2, -0.15) is 15.3 Å². The molecular weight excluding hydrogens is 387 g/mol. The van der Waals surface area contributed by atoms with Crippen molar-refractivity contribution in [2.45, 2.75) is 24.8 Å². The molecule has 1 aromatic carbocycles. The number of rotatable bonds is 4. The zero-order chi connectivity index (χ0) is 20.7. The molecule has 3 heterocycles. The Bertz CT molecular complexity index is 1130. The van der Waals surface area contributed by atoms with Crippen molar-refractivity contribution >= 4 is 5.91 Å². The van der Waals surface area contributed by atoms with Crippen molar-refractivity contribution in [3.05, 3.63) is 82.5 Å². The van der Waals surface area contributed by atoms with Crippen LogP contribution in [0.3, 0.4) is 0 Å². The SMILES string of the molecule is O=C1C=C2N=NCC3=C2C(=CN1)C(c1ncnn1CCO)C(c1ccc(F)cc1)C3. The lowest BCUT2D eigenvalue weighted by Gasteiger charge is -2.37. The average molecular weight is 406 g/mol. The highest BCUT2D eigenvalue weighted by Gasteiger charge is 2.41. The van der Waals surface area contributed by atoms with Crippen molar-refractivity contribution in [3.8, 4) is 0 Å². The van der Waals surface area contributed by atoms with E-state index in [-0.39, 0.29) is 30.2 Å². The summed E-state index contributed by atoms with van der Waals surface area (Å²) < 4.78 is 15.3. The highest BCUT2D eigenvalue weighted by molar-refractivity contribution is 5.91. The second-order valence-electron chi connectivity index (χ2n) is 7.42. The second kappa shape index (κ2) is 7.42. The standard InChI is InChI=1S/C21H19FN6O2/c22-14-3-1-12(2-4-14)15-7-13-9-25-27-17-8-18(30)23-10-16(19(13)17)20(15)21-24-11-26-28(21)5-6-29/h1-4,8,10-11,15,20,29H,5-7,9H2,(H,23,30). The van der Waals surface area contributed by atoms with Gasteiger partial charge in [0.05, 0.1) is 31.3 Å². The quantitative estimate of drug-likeness (QED) is 0.813. The number of allylic oxidation sites excluding steroid dienone is 1. The number of amides is 1. The Hall–Kier alpha value is -3.46. The highest BCUT2D eigenvalue weighted by atomic mass is 19.1. The van der Waals surface area contributed by atoms with E-state index >= 15 is 0 Å². The maximum absolute atomic E-state index is 13.6. The van der Waals surface area contributed by atoms with Crippen LogP contribution < -0.4 is 5.32 Å². The normalized spacial score (nSPS) is 22.8. The number of carbonyl (C=O) groups excluding carboxylic acids is 1. The fourth-order valence-electron chi connectivity index (χ4n) is 4.48. The summed E-state index contributed by atoms with van der Waals surface area (Å²) in [5, 5.41) is 25.0. The molecule has 8 nitrogen and oxygen atoms in total. The first-order chi connectivity index (χ1) is 14.7. The number of azo groups is 1. The number of aliphatic hydroxyl groups is 1. The smallest absolute Gasteiger partial charge is 0.250 e. The van der Waals surface area contributed by atoms with Crippen molar-refractivity contribution in [2.24, 2.45) is 10.2 Å². The van der Waals surface area contributed by atoms with Gasteiger partial charge >= 0.3 is 0 Å². The maximum atomic E-state index is 13.6. The van der Waals surface area contributed by atoms with Crippen molar-refractivity contribution < 1.29 is 14.3 Å². The van der Waals surface area contributed by atoms with Crippen molar-refractivity contribution in [3.63, 3.8) is 0 Å². The molecule has 2 N–H and O–H groups in total. The van der Waals surface area contributed by atoms with Gasteiger partial charge in [0.1, 0.15) is 18.0 Å². The number of aliphatic hydroxyl groups excluding tert-OH is 1. The average Bonchev–Trinajstić information content (AvgIpc) is 3.12. The van der Waals surface area contributed by atoms with E-state index in [1.807, 2.05) is 0 Å². The summed E-state index contributed by atoms with van der Waals surface area (Å²) in [6, 6.07) is 6.46. The van der Waals surface area contributed by atoms with Gasteiger partial charge in [-0.15, -0.1) is 0 Å². The molecule has 30 heavy (non-hydrogen) atoms. The van der Waals surface area contributed by atoms with Crippen LogP contribution in [0, 0.1) is 5.82 Å². The third kappa shape index (κ3) is 3.07. The van der Waals surface area contributed by atoms with Gasteiger partial charge in [0, 0.05) is 23.8 Å². The Kier molecular flexibility index (Phi) is 4.59. The minimum atomic E-state index is -0.299. The molecule has 152 valence electrons. The van der Waals surface area contributed by atoms with Crippen LogP contribution in [0.5, 0.6) is 0 Å². The first-order valence-corrected chi connectivity index (χ1v) is 9.72. The molecule has 2 aliphatic heterocycles. The predicted octanol–water partition coefficient (Wildman–Crippen LogP) is 2.34. The molecule has 2 aromatic rings. The first-order valence-electron chi connectivity index (χ1n) is 9.72. The molecule has 0 spiro atoms. The monoisotopic (exact) mass is 406 g/mol. The van der Waals surface area contributed by atoms with E-state index in [1.54, 1.807) is 23.0 Å². The Balaban J connectivity index is 1.71. The van der Waals surface area contributed by atoms with E-state index in [4.69, 9.17) is 0 Å². The van der Waals surface area contributed by atoms with Gasteiger partial charge in [-0.1, -0.05) is 12.1 Å². The van der Waals surface area contributed by atoms with E-state index in [0.717, 1.165) is 22.3 Å². The van der Waals surface area contributed by atoms with Gasteiger partial charge in [0.2, 0.25) is 5.91 Å². The molecule has 5 rings (SSSR count). The number of hydrogen-bond acceptors (Lipinski definition) is 6. The third-order valence-corrected chi connectivity index (χ3v) is 5.71. The number of halogens is 1. The van der Waals surface area contributed by atoms with E-state index in [1.165, 1.54) is 24.5 Å². The van der Waals surface area contributed by atoms with Gasteiger partial charge in [0.25, 0.3) is 0 Å². The lowest BCUT2D eigenvalue weighted by atomic mass is 9.68. The predicted molar refractivity (Wildman–Crippen MR) is 105 cm³/mol. The van der Waals surface area contributed by atoms with Crippen LogP contribution in [0.2, 0.25) is 0 Å². The minimum Gasteiger partial charge on any atom is -0.394 e. The number of hydrogen-bond donors (Lipinski definition) is 2. The van der Waals surface area contributed by atoms with Crippen LogP contribution in [0.4, 0.5) is 4.39 Å². The van der Waals surface area contributed by atoms with Crippen molar-refractivity contribution in [1.82, 2.24) is 20.1 Å². The molecule has 0 bridgehead atoms. The Morgan fingerprint density at radius 3 is 2.90 bits per heavy atom. The molecule has 0 saturated carbocycles. The van der Waals surface area contributed by atoms with Gasteiger partial charge in [-0.3, -0.25) is 4.79 Å². The van der Waals surface area contributed by atoms with Gasteiger partial charge in [-0.05, 0) is 35.3 Å². The first kappa shape index (κ1) is 18.6. The van der Waals surface area contributed by atoms with Gasteiger partial charge in [0.15, 0.2) is 0 Å². The highest BCUT2D eigenvalue weighted by Crippen LogP contribution is 2.52. The molecule has 1 aliphatic carbocycles. The van der Waals surface area contributed by atoms with E-state index in [9.17, 15) is 14.3 Å². The zero-order valence-electron chi connectivity index (χ0n) is 16.0. The van der Waals surface area contributed by atoms with Crippen LogP contribution >= 0.6 is 0 Å². The third-order valence-electron chi connectivity index (χ3n) is 5.71. The molecule has 0 radical (unpaired) electrons. The minimum absolute atomic E-state index is 0.0678. The largest absolute Gasteiger partial charge is 0.394 e. The fraction of sp³-hybridized carbons (Fsp3) is 0.286. The fourth-order valence-corrected chi connectivity index (χ4v) is 4.48. The molecule has 1 amide bonds. The number of benzene rings is 1. The maximum Gasteiger partial charge on any atom is 0.250 e. The topological polar surface area (TPSA) is 105 Å². The molecule has 1 aromatic heterocycles. The van der Waals surface area contributed by atoms with Crippen LogP contribution in [-0.2, 0) is 11.3 Å². The number of nitrogens with one attached hydrogen (secondary N) is 1. The van der Waals surface area contributed by atoms with Crippen LogP contribution in [0.15, 0.2) is 75.5 Å². The number of aromatic nitrogens is 3. The summed E-state index contributed by atoms with van der Waals surface area (Å²) in [5.74, 6) is -0.227. The molecule has 2 unspecified atom stereocenters. The second-order valence-corrected chi connectivity index (χ2v) is 7.42. The lowest BCUT2D eigenvalue weighted by Crippen LogP contribution is -2.27. The zero-order valence-corrected chi connectivity index (χ0v) is 16.0. The van der Waals surface area contributed by atoms with Crippen LogP contribution in [-0.4, -0.2) is 38.9 Å². The molecule has 3 aliphatic rings. The van der Waals surface area contributed by atoms with Gasteiger partial charge in [-0.25, -0.2) is 14.1 Å². The molecular formula is C21H19FN6O2. The summed E-state index contributed by atoms with van der Waals surface area (Å²) in [5.41, 5.74) is 4.35. The summed E-state index contributed by atoms with van der Waals surface area (Å²) in [6.07, 6.45) is 5.29. The summed E-state index contributed by atoms with van der Waals surface area (Å²) in [7, 11) is 0. The molecule has 2 atom stereocenters. The lowest BCUT2D eigenvalue weighted by molar-refractivity contribution is -0.115. The van der Waals surface area contributed by atoms with Crippen molar-refractivity contribution in [2.75, 3.05) is 13.2 Å². The van der Waals surface area contributed by atoms with E-state index in [2.05, 4.69) is 25.6 Å². The molecule has 0 saturated heterocycles. The Morgan fingerprint density at radius 1 is 1.27 bits per heavy atom. The molecule has 9 heteroatoms. The Labute approximate surface area is 171 Å². The molecule has 0 fully saturated rings. The summed E-state index contributed by atoms with van der Waals surface area (Å²) in [6.45, 7) is 0.676. The van der Waals surface area contributed by atoms with E-state index < -0.39 is 0 Å². The van der Waals surface area contributed by atoms with Crippen LogP contribution in [0.25, 0.3) is 0 Å². The summed E-state index contributed by atoms with van der Waals surface area (Å²) >= 11 is 0. The van der Waals surface area contributed by atoms with Crippen molar-refractivity contribution in [1.29, 1.82) is 0 Å².